The summed E-state index contributed by atoms with van der Waals surface area (Å²) in [6, 6.07) is 6.49. The molecule has 11 heteroatoms. The van der Waals surface area contributed by atoms with Gasteiger partial charge in [0.25, 0.3) is 5.69 Å². The molecule has 1 N–H and O–H groups in total. The normalized spacial score (nSPS) is 16.9. The Hall–Kier alpha value is -3.60. The molecule has 0 bridgehead atoms. The first kappa shape index (κ1) is 24.5. The molecule has 3 amide bonds. The zero-order chi connectivity index (χ0) is 24.9. The number of amides is 3. The summed E-state index contributed by atoms with van der Waals surface area (Å²) in [5.41, 5.74) is 2.64. The van der Waals surface area contributed by atoms with Crippen LogP contribution in [0.3, 0.4) is 0 Å². The van der Waals surface area contributed by atoms with Crippen LogP contribution in [-0.2, 0) is 11.3 Å². The minimum atomic E-state index is -0.377. The van der Waals surface area contributed by atoms with Crippen molar-refractivity contribution >= 4 is 23.3 Å². The lowest BCUT2D eigenvalue weighted by atomic mass is 10.2. The number of aryl methyl sites for hydroxylation is 1. The number of urea groups is 1. The number of carbonyl (C=O) groups excluding carboxylic acids is 2. The predicted molar refractivity (Wildman–Crippen MR) is 132 cm³/mol. The van der Waals surface area contributed by atoms with Gasteiger partial charge in [-0.3, -0.25) is 14.9 Å². The van der Waals surface area contributed by atoms with Crippen LogP contribution in [0.4, 0.5) is 16.2 Å². The third-order valence-electron chi connectivity index (χ3n) is 6.85. The molecule has 2 fully saturated rings. The molecule has 1 aromatic heterocycles. The van der Waals surface area contributed by atoms with E-state index in [2.05, 4.69) is 9.88 Å². The maximum absolute atomic E-state index is 13.6. The number of hydrogen-bond acceptors (Lipinski definition) is 6. The average Bonchev–Trinajstić information content (AvgIpc) is 3.27. The minimum Gasteiger partial charge on any atom is -0.367 e. The molecule has 0 saturated carbocycles. The largest absolute Gasteiger partial charge is 0.367 e. The summed E-state index contributed by atoms with van der Waals surface area (Å²) in [6.45, 7) is 7.14. The van der Waals surface area contributed by atoms with E-state index in [-0.39, 0.29) is 29.1 Å². The second kappa shape index (κ2) is 10.8. The molecule has 2 saturated heterocycles. The van der Waals surface area contributed by atoms with Crippen LogP contribution in [0.15, 0.2) is 36.7 Å². The van der Waals surface area contributed by atoms with Gasteiger partial charge in [-0.25, -0.2) is 4.79 Å². The summed E-state index contributed by atoms with van der Waals surface area (Å²) in [7, 11) is 2.04. The Balaban J connectivity index is 1.44. The van der Waals surface area contributed by atoms with Crippen LogP contribution in [0.1, 0.15) is 11.1 Å². The van der Waals surface area contributed by atoms with Gasteiger partial charge in [0.2, 0.25) is 5.91 Å². The van der Waals surface area contributed by atoms with Crippen LogP contribution in [0.25, 0.3) is 0 Å². The van der Waals surface area contributed by atoms with Crippen LogP contribution in [-0.4, -0.2) is 107 Å². The standard InChI is InChI=1S/C24H33N7O4/c1-19-15-25-16-20(19)17-30(18-23(32)28-9-7-26(2)8-10-28)24(33)29-13-11-27(12-14-29)21-5-3-4-6-22(21)31(34)35/h3-6,15-16,25H,7-14,17-18H2,1-2H3. The number of piperazine rings is 2. The fraction of sp³-hybridized carbons (Fsp3) is 0.500. The fourth-order valence-electron chi connectivity index (χ4n) is 4.58. The lowest BCUT2D eigenvalue weighted by molar-refractivity contribution is -0.384. The van der Waals surface area contributed by atoms with E-state index < -0.39 is 0 Å². The van der Waals surface area contributed by atoms with E-state index in [1.54, 1.807) is 28.0 Å². The number of nitrogens with zero attached hydrogens (tertiary/aromatic N) is 6. The first-order chi connectivity index (χ1) is 16.8. The van der Waals surface area contributed by atoms with Crippen molar-refractivity contribution in [3.05, 3.63) is 57.9 Å². The van der Waals surface area contributed by atoms with Crippen LogP contribution >= 0.6 is 0 Å². The molecule has 0 spiro atoms. The smallest absolute Gasteiger partial charge is 0.320 e. The fourth-order valence-corrected chi connectivity index (χ4v) is 4.58. The summed E-state index contributed by atoms with van der Waals surface area (Å²) in [5.74, 6) is -0.0433. The second-order valence-electron chi connectivity index (χ2n) is 9.21. The molecule has 0 unspecified atom stereocenters. The number of H-pyrrole nitrogens is 1. The average molecular weight is 484 g/mol. The van der Waals surface area contributed by atoms with E-state index in [1.807, 2.05) is 36.2 Å². The highest BCUT2D eigenvalue weighted by molar-refractivity contribution is 5.84. The first-order valence-corrected chi connectivity index (χ1v) is 11.9. The highest BCUT2D eigenvalue weighted by Gasteiger charge is 2.30. The van der Waals surface area contributed by atoms with Gasteiger partial charge < -0.3 is 29.5 Å². The summed E-state index contributed by atoms with van der Waals surface area (Å²) in [6.07, 6.45) is 3.74. The number of benzene rings is 1. The third kappa shape index (κ3) is 5.73. The molecule has 188 valence electrons. The summed E-state index contributed by atoms with van der Waals surface area (Å²) in [5, 5.41) is 11.4. The summed E-state index contributed by atoms with van der Waals surface area (Å²) in [4.78, 5) is 50.1. The van der Waals surface area contributed by atoms with Crippen molar-refractivity contribution in [2.75, 3.05) is 70.9 Å². The third-order valence-corrected chi connectivity index (χ3v) is 6.85. The number of aromatic amines is 1. The van der Waals surface area contributed by atoms with Gasteiger partial charge in [0.1, 0.15) is 12.2 Å². The molecule has 2 aromatic rings. The number of carbonyl (C=O) groups is 2. The number of para-hydroxylation sites is 2. The molecule has 35 heavy (non-hydrogen) atoms. The number of nitrogens with one attached hydrogen (secondary N) is 1. The Labute approximate surface area is 205 Å². The molecule has 3 heterocycles. The predicted octanol–water partition coefficient (Wildman–Crippen LogP) is 1.75. The van der Waals surface area contributed by atoms with Gasteiger partial charge in [-0.1, -0.05) is 12.1 Å². The number of likely N-dealkylation sites (N-methyl/N-ethyl adjacent to an activating group) is 1. The van der Waals surface area contributed by atoms with E-state index in [4.69, 9.17) is 0 Å². The van der Waals surface area contributed by atoms with E-state index in [0.29, 0.717) is 51.5 Å². The molecule has 0 radical (unpaired) electrons. The number of rotatable bonds is 6. The molecule has 2 aliphatic heterocycles. The topological polar surface area (TPSA) is 109 Å². The highest BCUT2D eigenvalue weighted by Crippen LogP contribution is 2.28. The van der Waals surface area contributed by atoms with Crippen molar-refractivity contribution in [1.82, 2.24) is 24.6 Å². The van der Waals surface area contributed by atoms with Gasteiger partial charge in [0, 0.05) is 77.4 Å². The Morgan fingerprint density at radius 2 is 1.66 bits per heavy atom. The maximum Gasteiger partial charge on any atom is 0.320 e. The first-order valence-electron chi connectivity index (χ1n) is 11.9. The number of hydrogen-bond donors (Lipinski definition) is 1. The Morgan fingerprint density at radius 1 is 1.00 bits per heavy atom. The highest BCUT2D eigenvalue weighted by atomic mass is 16.6. The monoisotopic (exact) mass is 483 g/mol. The second-order valence-corrected chi connectivity index (χ2v) is 9.21. The molecular weight excluding hydrogens is 450 g/mol. The lowest BCUT2D eigenvalue weighted by Gasteiger charge is -2.39. The number of anilines is 1. The van der Waals surface area contributed by atoms with Gasteiger partial charge in [-0.15, -0.1) is 0 Å². The van der Waals surface area contributed by atoms with Crippen molar-refractivity contribution in [1.29, 1.82) is 0 Å². The molecule has 1 aromatic carbocycles. The van der Waals surface area contributed by atoms with Crippen molar-refractivity contribution < 1.29 is 14.5 Å². The molecule has 0 atom stereocenters. The molecule has 4 rings (SSSR count). The molecule has 2 aliphatic rings. The lowest BCUT2D eigenvalue weighted by Crippen LogP contribution is -2.55. The van der Waals surface area contributed by atoms with Crippen molar-refractivity contribution in [2.45, 2.75) is 13.5 Å². The maximum atomic E-state index is 13.6. The number of aromatic nitrogens is 1. The van der Waals surface area contributed by atoms with Gasteiger partial charge in [-0.05, 0) is 31.2 Å². The Kier molecular flexibility index (Phi) is 7.54. The summed E-state index contributed by atoms with van der Waals surface area (Å²) >= 11 is 0. The Morgan fingerprint density at radius 3 is 2.29 bits per heavy atom. The van der Waals surface area contributed by atoms with Crippen molar-refractivity contribution in [3.63, 3.8) is 0 Å². The van der Waals surface area contributed by atoms with Crippen LogP contribution in [0.2, 0.25) is 0 Å². The van der Waals surface area contributed by atoms with E-state index in [9.17, 15) is 19.7 Å². The van der Waals surface area contributed by atoms with Crippen molar-refractivity contribution in [3.8, 4) is 0 Å². The zero-order valence-electron chi connectivity index (χ0n) is 20.4. The number of nitro groups is 1. The van der Waals surface area contributed by atoms with E-state index in [1.165, 1.54) is 6.07 Å². The molecular formula is C24H33N7O4. The van der Waals surface area contributed by atoms with Gasteiger partial charge in [0.05, 0.1) is 4.92 Å². The minimum absolute atomic E-state index is 0.0253. The quantitative estimate of drug-likeness (QED) is 0.495. The summed E-state index contributed by atoms with van der Waals surface area (Å²) < 4.78 is 0. The number of nitro benzene ring substituents is 1. The van der Waals surface area contributed by atoms with Crippen LogP contribution < -0.4 is 4.90 Å². The Bertz CT molecular complexity index is 1060. The van der Waals surface area contributed by atoms with Crippen LogP contribution in [0, 0.1) is 17.0 Å². The van der Waals surface area contributed by atoms with E-state index in [0.717, 1.165) is 24.2 Å². The van der Waals surface area contributed by atoms with Crippen molar-refractivity contribution in [2.24, 2.45) is 0 Å². The van der Waals surface area contributed by atoms with Gasteiger partial charge >= 0.3 is 6.03 Å². The molecule has 0 aliphatic carbocycles. The zero-order valence-corrected chi connectivity index (χ0v) is 20.4. The van der Waals surface area contributed by atoms with Gasteiger partial charge in [-0.2, -0.15) is 0 Å². The van der Waals surface area contributed by atoms with Gasteiger partial charge in [0.15, 0.2) is 0 Å². The van der Waals surface area contributed by atoms with Crippen LogP contribution in [0.5, 0.6) is 0 Å². The van der Waals surface area contributed by atoms with E-state index >= 15 is 0 Å². The SMILES string of the molecule is Cc1c[nH]cc1CN(CC(=O)N1CCN(C)CC1)C(=O)N1CCN(c2ccccc2[N+](=O)[O-])CC1. The molecule has 11 nitrogen and oxygen atoms in total.